The number of aromatic amines is 2. The molecule has 31 heteroatoms. The zero-order chi connectivity index (χ0) is 83.3. The molecule has 0 atom stereocenters. The number of carbonyl (C=O) groups excluding carboxylic acids is 3. The molecule has 0 aliphatic rings. The van der Waals surface area contributed by atoms with E-state index in [0.717, 1.165) is 57.4 Å². The number of alkyl carbamates (subject to hydrolysis) is 2. The first kappa shape index (κ1) is 104. The SMILES string of the molecule is C.C.C.C.CC(=O)c1c(O)sc(=O)[nH]c1=O.Cc1cc(=O)[nH]c(=O)n1Cc1ccccc1.Cc1cc(CN)cc(Cn2c(=O)cc(C)n(Cc3ccccc3)c2=O)n1.Cc1cc(CNC(=O)OC(C)(C)C)cc(CO)n1.Cc1cc(CNC(=O)OC(C)(C)C)cc(Cn2c(=O)cc(C)n(Cc3ccccc3)c2=O)n1.Cl.NCc1ccccc1. The van der Waals surface area contributed by atoms with E-state index in [2.05, 4.69) is 30.6 Å². The second-order valence-corrected chi connectivity index (χ2v) is 28.9. The number of hydrogen-bond acceptors (Lipinski definition) is 21. The number of aryl methyl sites for hydroxylation is 6. The van der Waals surface area contributed by atoms with E-state index >= 15 is 0 Å². The number of nitrogens with zero attached hydrogens (tertiary/aromatic N) is 8. The van der Waals surface area contributed by atoms with E-state index in [1.165, 1.54) is 37.5 Å². The number of benzene rings is 4. The van der Waals surface area contributed by atoms with Gasteiger partial charge in [-0.05, 0) is 177 Å². The summed E-state index contributed by atoms with van der Waals surface area (Å²) in [6.07, 6.45) is -0.973. The fourth-order valence-corrected chi connectivity index (χ4v) is 11.6. The summed E-state index contributed by atoms with van der Waals surface area (Å²) in [6.45, 7) is 25.7. The van der Waals surface area contributed by atoms with Crippen LogP contribution in [0.25, 0.3) is 0 Å². The van der Waals surface area contributed by atoms with E-state index in [-0.39, 0.29) is 108 Å². The Labute approximate surface area is 697 Å². The number of nitrogens with one attached hydrogen (secondary N) is 4. The second kappa shape index (κ2) is 49.5. The molecule has 7 heterocycles. The monoisotopic (exact) mass is 1660 g/mol. The minimum atomic E-state index is -0.844. The Morgan fingerprint density at radius 2 is 0.788 bits per heavy atom. The summed E-state index contributed by atoms with van der Waals surface area (Å²) in [5.41, 5.74) is 19.5. The molecule has 0 radical (unpaired) electrons. The molecule has 0 saturated carbocycles. The highest BCUT2D eigenvalue weighted by molar-refractivity contribution is 7.11. The summed E-state index contributed by atoms with van der Waals surface area (Å²) in [5, 5.41) is 22.9. The highest BCUT2D eigenvalue weighted by Gasteiger charge is 2.20. The van der Waals surface area contributed by atoms with Crippen LogP contribution in [0.4, 0.5) is 9.59 Å². The number of hydrogen-bond donors (Lipinski definition) is 8. The lowest BCUT2D eigenvalue weighted by molar-refractivity contribution is 0.0512. The maximum Gasteiger partial charge on any atom is 0.407 e. The lowest BCUT2D eigenvalue weighted by atomic mass is 10.2. The van der Waals surface area contributed by atoms with Crippen LogP contribution >= 0.6 is 23.7 Å². The number of aliphatic hydroxyl groups excluding tert-OH is 1. The minimum Gasteiger partial charge on any atom is -0.499 e. The van der Waals surface area contributed by atoms with Crippen LogP contribution in [0.15, 0.2) is 214 Å². The van der Waals surface area contributed by atoms with Crippen LogP contribution < -0.4 is 66.3 Å². The molecule has 636 valence electrons. The topological polar surface area (TPSA) is 418 Å². The number of aromatic hydroxyl groups is 1. The molecule has 4 aromatic carbocycles. The largest absolute Gasteiger partial charge is 0.499 e. The van der Waals surface area contributed by atoms with Gasteiger partial charge in [0.05, 0.1) is 56.4 Å². The highest BCUT2D eigenvalue weighted by Crippen LogP contribution is 2.16. The lowest BCUT2D eigenvalue weighted by Crippen LogP contribution is -2.41. The summed E-state index contributed by atoms with van der Waals surface area (Å²) in [7, 11) is 0. The van der Waals surface area contributed by atoms with Crippen molar-refractivity contribution >= 4 is 41.7 Å². The predicted octanol–water partition coefficient (Wildman–Crippen LogP) is 11.3. The van der Waals surface area contributed by atoms with E-state index in [4.69, 9.17) is 31.2 Å². The van der Waals surface area contributed by atoms with Crippen LogP contribution in [0.1, 0.15) is 179 Å². The van der Waals surface area contributed by atoms with E-state index in [1.807, 2.05) is 192 Å². The number of aliphatic hydroxyl groups is 1. The smallest absolute Gasteiger partial charge is 0.407 e. The number of H-pyrrole nitrogens is 2. The van der Waals surface area contributed by atoms with Gasteiger partial charge in [-0.2, -0.15) is 0 Å². The highest BCUT2D eigenvalue weighted by atomic mass is 35.5. The van der Waals surface area contributed by atoms with Crippen LogP contribution in [0.5, 0.6) is 5.06 Å². The average molecular weight is 1660 g/mol. The number of ketones is 1. The molecular weight excluding hydrogens is 1550 g/mol. The van der Waals surface area contributed by atoms with Gasteiger partial charge in [0.25, 0.3) is 22.2 Å². The molecule has 0 unspecified atom stereocenters. The van der Waals surface area contributed by atoms with Gasteiger partial charge in [-0.15, -0.1) is 12.4 Å². The van der Waals surface area contributed by atoms with E-state index in [9.17, 15) is 52.7 Å². The number of ether oxygens (including phenoxy) is 2. The molecule has 0 aliphatic carbocycles. The van der Waals surface area contributed by atoms with Crippen LogP contribution in [-0.4, -0.2) is 87.1 Å². The van der Waals surface area contributed by atoms with Crippen molar-refractivity contribution < 1.29 is 34.1 Å². The van der Waals surface area contributed by atoms with Gasteiger partial charge in [0.1, 0.15) is 16.8 Å². The normalized spacial score (nSPS) is 10.3. The number of pyridine rings is 3. The maximum absolute atomic E-state index is 13.2. The fourth-order valence-electron chi connectivity index (χ4n) is 10.9. The molecule has 7 aromatic heterocycles. The van der Waals surface area contributed by atoms with Crippen molar-refractivity contribution in [2.45, 2.75) is 196 Å². The van der Waals surface area contributed by atoms with E-state index < -0.39 is 44.7 Å². The summed E-state index contributed by atoms with van der Waals surface area (Å²) in [6, 6.07) is 54.3. The van der Waals surface area contributed by atoms with Crippen molar-refractivity contribution in [3.63, 3.8) is 0 Å². The van der Waals surface area contributed by atoms with Gasteiger partial charge >= 0.3 is 34.1 Å². The molecule has 118 heavy (non-hydrogen) atoms. The first-order valence-corrected chi connectivity index (χ1v) is 36.6. The number of Topliss-reactive ketones (excluding diaryl/α,β-unsaturated/α-hetero) is 1. The Kier molecular flexibility index (Phi) is 43.5. The van der Waals surface area contributed by atoms with Gasteiger partial charge in [0.15, 0.2) is 10.8 Å². The average Bonchev–Trinajstić information content (AvgIpc) is 0.747. The van der Waals surface area contributed by atoms with E-state index in [1.54, 1.807) is 62.8 Å². The van der Waals surface area contributed by atoms with Gasteiger partial charge < -0.3 is 41.8 Å². The number of aromatic nitrogens is 10. The van der Waals surface area contributed by atoms with Gasteiger partial charge in [0, 0.05) is 78.5 Å². The number of halogens is 1. The molecule has 0 spiro atoms. The third-order valence-electron chi connectivity index (χ3n) is 15.9. The Bertz CT molecular complexity index is 5560. The van der Waals surface area contributed by atoms with Crippen molar-refractivity contribution in [2.75, 3.05) is 0 Å². The number of amides is 2. The molecule has 11 rings (SSSR count). The Morgan fingerprint density at radius 3 is 1.13 bits per heavy atom. The van der Waals surface area contributed by atoms with Crippen LogP contribution in [0.3, 0.4) is 0 Å². The molecule has 0 aliphatic heterocycles. The van der Waals surface area contributed by atoms with Crippen molar-refractivity contribution in [3.05, 3.63) is 354 Å². The van der Waals surface area contributed by atoms with Gasteiger partial charge in [-0.3, -0.25) is 76.5 Å². The van der Waals surface area contributed by atoms with Gasteiger partial charge in [-0.25, -0.2) is 24.0 Å². The molecular formula is C87H115ClN14O15S. The van der Waals surface area contributed by atoms with Crippen molar-refractivity contribution in [2.24, 2.45) is 11.5 Å². The molecule has 0 fully saturated rings. The second-order valence-electron chi connectivity index (χ2n) is 27.9. The molecule has 10 N–H and O–H groups in total. The molecule has 0 bridgehead atoms. The Hall–Kier alpha value is -12.4. The lowest BCUT2D eigenvalue weighted by Gasteiger charge is -2.19. The fraction of sp³-hybridized carbons (Fsp3) is 0.333. The standard InChI is InChI=1S/C25H30N4O4.C20H22N4O2.C13H20N2O3.C12H12N2O2.C7H9N.C6H5NO4S.4CH4.ClH/c1-17-11-20(14-26-23(31)33-25(3,4)5)13-21(27-17)16-29-22(30)12-18(2)28(24(29)32)15-19-9-7-6-8-10-19;1-14-8-17(11-21)10-18(22-14)13-24-19(25)9-15(2)23(20(24)26)12-16-6-4-3-5-7-16;1-9-5-10(6-11(8-16)15-9)7-14-12(17)18-13(2,3)4;1-9-7-11(15)13-12(16)14(9)8-10-5-3-2-4-6-10;8-6-7-4-2-1-3-5-7;1-2(8)3-4(9)7-6(11)12-5(3)10;;;;;/h6-13H,14-16H2,1-5H3,(H,26,31);3-10H,11-13,21H2,1-2H3;5-6,16H,7-8H2,1-4H3,(H,14,17);2-7H,8H2,1H3,(H,13,15,16);1-5H,6,8H2;10H,1H3,(H,7,9,11);4*1H4;1H. The predicted molar refractivity (Wildman–Crippen MR) is 469 cm³/mol. The summed E-state index contributed by atoms with van der Waals surface area (Å²) in [5.74, 6) is -0.565. The number of carbonyl (C=O) groups is 3. The van der Waals surface area contributed by atoms with Crippen LogP contribution in [0, 0.1) is 41.5 Å². The number of rotatable bonds is 18. The Balaban J connectivity index is 0.000000737. The summed E-state index contributed by atoms with van der Waals surface area (Å²) in [4.78, 5) is 146. The third kappa shape index (κ3) is 34.6. The van der Waals surface area contributed by atoms with Crippen molar-refractivity contribution in [1.29, 1.82) is 0 Å². The van der Waals surface area contributed by atoms with Crippen molar-refractivity contribution in [3.8, 4) is 5.06 Å². The van der Waals surface area contributed by atoms with Gasteiger partial charge in [-0.1, -0.05) is 151 Å². The quantitative estimate of drug-likeness (QED) is 0.0370. The summed E-state index contributed by atoms with van der Waals surface area (Å²) < 4.78 is 17.5. The van der Waals surface area contributed by atoms with Crippen LogP contribution in [-0.2, 0) is 75.0 Å². The summed E-state index contributed by atoms with van der Waals surface area (Å²) >= 11 is 0.425. The van der Waals surface area contributed by atoms with Crippen LogP contribution in [0.2, 0.25) is 0 Å². The maximum atomic E-state index is 13.2. The minimum absolute atomic E-state index is 0. The first-order chi connectivity index (χ1) is 53.4. The molecule has 29 nitrogen and oxygen atoms in total. The first-order valence-electron chi connectivity index (χ1n) is 35.8. The number of nitrogens with two attached hydrogens (primary N) is 2. The Morgan fingerprint density at radius 1 is 0.449 bits per heavy atom. The van der Waals surface area contributed by atoms with Crippen molar-refractivity contribution in [1.82, 2.24) is 58.4 Å². The molecule has 2 amide bonds. The zero-order valence-electron chi connectivity index (χ0n) is 66.1. The third-order valence-corrected chi connectivity index (χ3v) is 16.6. The molecule has 11 aromatic rings. The zero-order valence-corrected chi connectivity index (χ0v) is 67.7. The van der Waals surface area contributed by atoms with E-state index in [0.29, 0.717) is 84.8 Å². The van der Waals surface area contributed by atoms with Gasteiger partial charge in [0.2, 0.25) is 0 Å². The molecule has 0 saturated heterocycles.